The van der Waals surface area contributed by atoms with Crippen LogP contribution in [0.3, 0.4) is 0 Å². The van der Waals surface area contributed by atoms with Gasteiger partial charge in [-0.3, -0.25) is 4.79 Å². The third-order valence-corrected chi connectivity index (χ3v) is 7.27. The normalized spacial score (nSPS) is 28.2. The summed E-state index contributed by atoms with van der Waals surface area (Å²) in [6.07, 6.45) is 0. The molecule has 2 aliphatic heterocycles. The van der Waals surface area contributed by atoms with E-state index in [1.165, 1.54) is 16.7 Å². The lowest BCUT2D eigenvalue weighted by molar-refractivity contribution is -0.163. The second-order valence-corrected chi connectivity index (χ2v) is 9.76. The molecule has 1 amide bonds. The Bertz CT molecular complexity index is 977. The number of aliphatic carboxylic acids is 1. The Morgan fingerprint density at radius 3 is 2.39 bits per heavy atom. The minimum atomic E-state index is -0.993. The summed E-state index contributed by atoms with van der Waals surface area (Å²) in [6, 6.07) is -0.865. The molecule has 0 unspecified atom stereocenters. The van der Waals surface area contributed by atoms with Crippen LogP contribution in [0.5, 0.6) is 0 Å². The zero-order chi connectivity index (χ0) is 20.6. The van der Waals surface area contributed by atoms with Crippen LogP contribution in [-0.2, 0) is 9.59 Å². The molecule has 0 aromatic carbocycles. The molecular weight excluding hydrogens is 384 g/mol. The van der Waals surface area contributed by atoms with E-state index in [4.69, 9.17) is 9.05 Å². The van der Waals surface area contributed by atoms with E-state index in [2.05, 4.69) is 15.6 Å². The van der Waals surface area contributed by atoms with Crippen LogP contribution in [0.15, 0.2) is 9.05 Å². The van der Waals surface area contributed by atoms with Crippen molar-refractivity contribution >= 4 is 29.3 Å². The molecule has 0 radical (unpaired) electrons. The number of aromatic nitrogens is 2. The smallest absolute Gasteiger partial charge is 0.327 e. The molecule has 4 rings (SSSR count). The first-order valence-corrected chi connectivity index (χ1v) is 9.78. The molecule has 28 heavy (non-hydrogen) atoms. The molecule has 2 aromatic heterocycles. The predicted octanol–water partition coefficient (Wildman–Crippen LogP) is 2.57. The fourth-order valence-electron chi connectivity index (χ4n) is 4.09. The molecule has 2 aromatic rings. The minimum Gasteiger partial charge on any atom is -0.480 e. The van der Waals surface area contributed by atoms with E-state index in [9.17, 15) is 14.7 Å². The average molecular weight is 406 g/mol. The predicted molar refractivity (Wildman–Crippen MR) is 102 cm³/mol. The second-order valence-electron chi connectivity index (χ2n) is 8.03. The fourth-order valence-corrected chi connectivity index (χ4v) is 5.74. The van der Waals surface area contributed by atoms with Gasteiger partial charge in [-0.1, -0.05) is 10.3 Å². The van der Waals surface area contributed by atoms with Gasteiger partial charge in [0.2, 0.25) is 0 Å². The molecule has 2 aliphatic rings. The van der Waals surface area contributed by atoms with Crippen LogP contribution in [0.25, 0.3) is 11.3 Å². The van der Waals surface area contributed by atoms with Crippen LogP contribution >= 0.6 is 11.8 Å². The Morgan fingerprint density at radius 2 is 1.82 bits per heavy atom. The molecular formula is C18H22N4O5S. The first-order chi connectivity index (χ1) is 13.0. The number of fused-ring (bicyclic) bond motifs is 1. The zero-order valence-electron chi connectivity index (χ0n) is 16.5. The Kier molecular flexibility index (Phi) is 3.88. The summed E-state index contributed by atoms with van der Waals surface area (Å²) in [5.41, 5.74) is 1.56. The highest BCUT2D eigenvalue weighted by Gasteiger charge is 2.69. The average Bonchev–Trinajstić information content (AvgIpc) is 3.21. The molecule has 3 atom stereocenters. The van der Waals surface area contributed by atoms with Crippen molar-refractivity contribution in [1.29, 1.82) is 0 Å². The number of amides is 1. The summed E-state index contributed by atoms with van der Waals surface area (Å²) in [6.45, 7) is 10.8. The molecule has 0 aliphatic carbocycles. The SMILES string of the molecule is Cc1noc(-c2c(C)noc2C)c1N[C@@]1(C)C(=O)N2[C@@H](C(=O)O)C(C)(C)S[C@@H]21. The molecule has 2 N–H and O–H groups in total. The van der Waals surface area contributed by atoms with Crippen molar-refractivity contribution in [2.45, 2.75) is 63.2 Å². The molecule has 9 nitrogen and oxygen atoms in total. The van der Waals surface area contributed by atoms with Crippen molar-refractivity contribution in [3.63, 3.8) is 0 Å². The number of anilines is 1. The first-order valence-electron chi connectivity index (χ1n) is 8.90. The van der Waals surface area contributed by atoms with E-state index in [-0.39, 0.29) is 11.3 Å². The topological polar surface area (TPSA) is 122 Å². The Balaban J connectivity index is 1.71. The van der Waals surface area contributed by atoms with Crippen molar-refractivity contribution in [1.82, 2.24) is 15.2 Å². The van der Waals surface area contributed by atoms with Gasteiger partial charge >= 0.3 is 5.97 Å². The number of carbonyl (C=O) groups excluding carboxylic acids is 1. The Labute approximate surface area is 165 Å². The number of carboxylic acid groups (broad SMARTS) is 1. The molecule has 2 fully saturated rings. The number of β-lactam (4-membered cyclic amide) rings is 1. The summed E-state index contributed by atoms with van der Waals surface area (Å²) in [4.78, 5) is 26.2. The highest BCUT2D eigenvalue weighted by Crippen LogP contribution is 2.56. The summed E-state index contributed by atoms with van der Waals surface area (Å²) in [5.74, 6) is -0.203. The largest absolute Gasteiger partial charge is 0.480 e. The van der Waals surface area contributed by atoms with E-state index >= 15 is 0 Å². The van der Waals surface area contributed by atoms with Crippen LogP contribution in [0.4, 0.5) is 5.69 Å². The maximum atomic E-state index is 13.0. The van der Waals surface area contributed by atoms with Crippen LogP contribution in [0.2, 0.25) is 0 Å². The lowest BCUT2D eigenvalue weighted by Crippen LogP contribution is -2.75. The number of nitrogens with zero attached hydrogens (tertiary/aromatic N) is 3. The number of hydrogen-bond donors (Lipinski definition) is 2. The summed E-state index contributed by atoms with van der Waals surface area (Å²) < 4.78 is 10.2. The van der Waals surface area contributed by atoms with Gasteiger partial charge in [0.15, 0.2) is 5.76 Å². The molecule has 0 spiro atoms. The summed E-state index contributed by atoms with van der Waals surface area (Å²) >= 11 is 1.48. The van der Waals surface area contributed by atoms with Gasteiger partial charge < -0.3 is 24.4 Å². The quantitative estimate of drug-likeness (QED) is 0.738. The number of carboxylic acids is 1. The fraction of sp³-hybridized carbons (Fsp3) is 0.556. The van der Waals surface area contributed by atoms with E-state index in [1.807, 2.05) is 13.8 Å². The zero-order valence-corrected chi connectivity index (χ0v) is 17.3. The molecule has 4 heterocycles. The van der Waals surface area contributed by atoms with Crippen LogP contribution in [0, 0.1) is 20.8 Å². The monoisotopic (exact) mass is 406 g/mol. The van der Waals surface area contributed by atoms with Crippen molar-refractivity contribution in [3.8, 4) is 11.3 Å². The van der Waals surface area contributed by atoms with Crippen LogP contribution in [-0.4, -0.2) is 53.9 Å². The molecule has 150 valence electrons. The van der Waals surface area contributed by atoms with Gasteiger partial charge in [0, 0.05) is 4.75 Å². The van der Waals surface area contributed by atoms with Gasteiger partial charge in [-0.15, -0.1) is 11.8 Å². The third-order valence-electron chi connectivity index (χ3n) is 5.52. The van der Waals surface area contributed by atoms with E-state index in [0.29, 0.717) is 34.2 Å². The van der Waals surface area contributed by atoms with Gasteiger partial charge in [0.1, 0.15) is 34.1 Å². The van der Waals surface area contributed by atoms with Gasteiger partial charge in [0.25, 0.3) is 5.91 Å². The lowest BCUT2D eigenvalue weighted by Gasteiger charge is -2.51. The van der Waals surface area contributed by atoms with Crippen molar-refractivity contribution < 1.29 is 23.7 Å². The van der Waals surface area contributed by atoms with Crippen LogP contribution < -0.4 is 5.32 Å². The van der Waals surface area contributed by atoms with Gasteiger partial charge in [-0.2, -0.15) is 0 Å². The number of thioether (sulfide) groups is 1. The second kappa shape index (κ2) is 5.76. The van der Waals surface area contributed by atoms with Gasteiger partial charge in [-0.05, 0) is 41.5 Å². The number of rotatable bonds is 4. The molecule has 2 saturated heterocycles. The number of nitrogens with one attached hydrogen (secondary N) is 1. The lowest BCUT2D eigenvalue weighted by atomic mass is 9.85. The molecule has 0 saturated carbocycles. The number of aryl methyl sites for hydroxylation is 3. The maximum absolute atomic E-state index is 13.0. The van der Waals surface area contributed by atoms with Crippen molar-refractivity contribution in [2.24, 2.45) is 0 Å². The van der Waals surface area contributed by atoms with E-state index in [0.717, 1.165) is 0 Å². The summed E-state index contributed by atoms with van der Waals surface area (Å²) in [7, 11) is 0. The van der Waals surface area contributed by atoms with Gasteiger partial charge in [-0.25, -0.2) is 4.79 Å². The third kappa shape index (κ3) is 2.33. The molecule has 0 bridgehead atoms. The van der Waals surface area contributed by atoms with Crippen molar-refractivity contribution in [2.75, 3.05) is 5.32 Å². The Morgan fingerprint density at radius 1 is 1.18 bits per heavy atom. The van der Waals surface area contributed by atoms with E-state index < -0.39 is 22.3 Å². The molecule has 10 heteroatoms. The standard InChI is InChI=1S/C18H22N4O5S/c1-7-10(9(3)26-20-7)12-11(8(2)21-27-12)19-18(6)15(25)22-13(14(23)24)17(4,5)28-16(18)22/h13,16,19H,1-6H3,(H,23,24)/t13-,16+,18-/m0/s1. The first kappa shape index (κ1) is 18.9. The highest BCUT2D eigenvalue weighted by atomic mass is 32.2. The van der Waals surface area contributed by atoms with E-state index in [1.54, 1.807) is 27.7 Å². The number of hydrogen-bond acceptors (Lipinski definition) is 8. The maximum Gasteiger partial charge on any atom is 0.327 e. The summed E-state index contributed by atoms with van der Waals surface area (Å²) in [5, 5.41) is 20.6. The highest BCUT2D eigenvalue weighted by molar-refractivity contribution is 8.01. The minimum absolute atomic E-state index is 0.256. The Hall–Kier alpha value is -2.49. The van der Waals surface area contributed by atoms with Crippen LogP contribution in [0.1, 0.15) is 37.9 Å². The van der Waals surface area contributed by atoms with Gasteiger partial charge in [0.05, 0.1) is 11.3 Å². The van der Waals surface area contributed by atoms with Crippen molar-refractivity contribution in [3.05, 3.63) is 17.1 Å². The number of carbonyl (C=O) groups is 2.